The van der Waals surface area contributed by atoms with E-state index in [-0.39, 0.29) is 10.9 Å². The van der Waals surface area contributed by atoms with Gasteiger partial charge in [-0.3, -0.25) is 0 Å². The Morgan fingerprint density at radius 1 is 1.04 bits per heavy atom. The third-order valence-electron chi connectivity index (χ3n) is 4.68. The van der Waals surface area contributed by atoms with Crippen molar-refractivity contribution in [1.82, 2.24) is 0 Å². The van der Waals surface area contributed by atoms with Crippen molar-refractivity contribution in [3.63, 3.8) is 0 Å². The summed E-state index contributed by atoms with van der Waals surface area (Å²) in [6.45, 7) is 11.8. The molecule has 0 aliphatic rings. The molecule has 0 heterocycles. The quantitative estimate of drug-likeness (QED) is 0.585. The Balaban J connectivity index is 2.11. The molecule has 0 fully saturated rings. The van der Waals surface area contributed by atoms with E-state index in [1.807, 2.05) is 24.3 Å². The predicted molar refractivity (Wildman–Crippen MR) is 98.2 cm³/mol. The maximum absolute atomic E-state index is 13.1. The number of hydrogen-bond acceptors (Lipinski definition) is 2. The lowest BCUT2D eigenvalue weighted by Crippen LogP contribution is -2.40. The second kappa shape index (κ2) is 6.46. The molecule has 2 aromatic rings. The van der Waals surface area contributed by atoms with E-state index >= 15 is 0 Å². The average molecular weight is 332 g/mol. The van der Waals surface area contributed by atoms with Crippen LogP contribution in [0, 0.1) is 5.82 Å². The van der Waals surface area contributed by atoms with Gasteiger partial charge in [-0.25, -0.2) is 4.39 Å². The van der Waals surface area contributed by atoms with Crippen LogP contribution in [0.2, 0.25) is 18.1 Å². The normalized spacial score (nSPS) is 12.4. The topological polar surface area (TPSA) is 35.2 Å². The Hall–Kier alpha value is -1.65. The van der Waals surface area contributed by atoms with Crippen molar-refractivity contribution in [3.05, 3.63) is 53.8 Å². The molecule has 0 aliphatic heterocycles. The maximum atomic E-state index is 13.1. The van der Waals surface area contributed by atoms with Crippen LogP contribution in [0.25, 0.3) is 11.1 Å². The second-order valence-electron chi connectivity index (χ2n) is 7.48. The molecule has 0 saturated carbocycles. The number of nitrogen functional groups attached to an aromatic ring is 1. The first-order chi connectivity index (χ1) is 10.6. The van der Waals surface area contributed by atoms with Crippen LogP contribution in [0.5, 0.6) is 0 Å². The first-order valence-electron chi connectivity index (χ1n) is 7.88. The molecular weight excluding hydrogens is 305 g/mol. The van der Waals surface area contributed by atoms with E-state index in [9.17, 15) is 4.39 Å². The van der Waals surface area contributed by atoms with Gasteiger partial charge in [0.2, 0.25) is 0 Å². The molecule has 0 bridgehead atoms. The minimum atomic E-state index is -1.74. The van der Waals surface area contributed by atoms with Gasteiger partial charge in [-0.1, -0.05) is 45.0 Å². The van der Waals surface area contributed by atoms with Crippen LogP contribution >= 0.6 is 0 Å². The molecule has 0 atom stereocenters. The van der Waals surface area contributed by atoms with Gasteiger partial charge < -0.3 is 10.2 Å². The van der Waals surface area contributed by atoms with Gasteiger partial charge in [0.05, 0.1) is 6.61 Å². The van der Waals surface area contributed by atoms with Crippen molar-refractivity contribution in [2.24, 2.45) is 0 Å². The lowest BCUT2D eigenvalue weighted by molar-refractivity contribution is 0.276. The summed E-state index contributed by atoms with van der Waals surface area (Å²) in [5.41, 5.74) is 9.32. The summed E-state index contributed by atoms with van der Waals surface area (Å²) in [6, 6.07) is 12.6. The molecule has 0 amide bonds. The zero-order valence-electron chi connectivity index (χ0n) is 14.6. The van der Waals surface area contributed by atoms with Crippen LogP contribution in [0.1, 0.15) is 26.3 Å². The zero-order valence-corrected chi connectivity index (χ0v) is 15.6. The van der Waals surface area contributed by atoms with E-state index < -0.39 is 8.32 Å². The summed E-state index contributed by atoms with van der Waals surface area (Å²) >= 11 is 0. The lowest BCUT2D eigenvalue weighted by atomic mass is 10.0. The Morgan fingerprint density at radius 3 is 2.17 bits per heavy atom. The fourth-order valence-corrected chi connectivity index (χ4v) is 3.02. The van der Waals surface area contributed by atoms with Crippen LogP contribution < -0.4 is 5.73 Å². The summed E-state index contributed by atoms with van der Waals surface area (Å²) in [4.78, 5) is 0. The van der Waals surface area contributed by atoms with Crippen LogP contribution in [0.4, 0.5) is 10.1 Å². The van der Waals surface area contributed by atoms with Crippen LogP contribution in [-0.4, -0.2) is 8.32 Å². The van der Waals surface area contributed by atoms with Crippen molar-refractivity contribution in [3.8, 4) is 11.1 Å². The monoisotopic (exact) mass is 331 g/mol. The molecule has 0 radical (unpaired) electrons. The highest BCUT2D eigenvalue weighted by Crippen LogP contribution is 2.37. The standard InChI is InChI=1S/C19H26FNOSi/c1-19(2,3)23(4,5)22-13-14-6-8-15(9-7-14)17-11-10-16(20)12-18(17)21/h6-12H,13,21H2,1-5H3. The predicted octanol–water partition coefficient (Wildman–Crippen LogP) is 5.60. The number of rotatable bonds is 4. The molecule has 4 heteroatoms. The molecule has 124 valence electrons. The van der Waals surface area contributed by atoms with Gasteiger partial charge in [0.1, 0.15) is 5.82 Å². The molecule has 0 aromatic heterocycles. The molecule has 0 aliphatic carbocycles. The number of anilines is 1. The molecule has 0 unspecified atom stereocenters. The third kappa shape index (κ3) is 4.21. The van der Waals surface area contributed by atoms with E-state index in [4.69, 9.17) is 10.2 Å². The first-order valence-corrected chi connectivity index (χ1v) is 10.8. The Bertz CT molecular complexity index is 675. The summed E-state index contributed by atoms with van der Waals surface area (Å²) < 4.78 is 19.4. The van der Waals surface area contributed by atoms with E-state index in [0.717, 1.165) is 16.7 Å². The Labute approximate surface area is 139 Å². The first kappa shape index (κ1) is 17.7. The molecule has 2 rings (SSSR count). The van der Waals surface area contributed by atoms with Gasteiger partial charge in [0.15, 0.2) is 8.32 Å². The van der Waals surface area contributed by atoms with Gasteiger partial charge in [-0.15, -0.1) is 0 Å². The number of hydrogen-bond donors (Lipinski definition) is 1. The van der Waals surface area contributed by atoms with Crippen LogP contribution in [0.15, 0.2) is 42.5 Å². The Morgan fingerprint density at radius 2 is 1.65 bits per heavy atom. The van der Waals surface area contributed by atoms with Crippen molar-refractivity contribution >= 4 is 14.0 Å². The zero-order chi connectivity index (χ0) is 17.3. The van der Waals surface area contributed by atoms with Crippen molar-refractivity contribution in [1.29, 1.82) is 0 Å². The molecule has 23 heavy (non-hydrogen) atoms. The highest BCUT2D eigenvalue weighted by atomic mass is 28.4. The lowest BCUT2D eigenvalue weighted by Gasteiger charge is -2.36. The summed E-state index contributed by atoms with van der Waals surface area (Å²) in [5.74, 6) is -0.314. The molecule has 0 spiro atoms. The van der Waals surface area contributed by atoms with E-state index in [0.29, 0.717) is 12.3 Å². The van der Waals surface area contributed by atoms with Gasteiger partial charge >= 0.3 is 0 Å². The van der Waals surface area contributed by atoms with Crippen molar-refractivity contribution < 1.29 is 8.82 Å². The third-order valence-corrected chi connectivity index (χ3v) is 9.16. The van der Waals surface area contributed by atoms with E-state index in [1.54, 1.807) is 6.07 Å². The van der Waals surface area contributed by atoms with Crippen molar-refractivity contribution in [2.45, 2.75) is 45.5 Å². The van der Waals surface area contributed by atoms with Gasteiger partial charge in [-0.2, -0.15) is 0 Å². The van der Waals surface area contributed by atoms with Gasteiger partial charge in [0, 0.05) is 11.3 Å². The molecule has 0 saturated heterocycles. The Kier molecular flexibility index (Phi) is 4.97. The van der Waals surface area contributed by atoms with Crippen LogP contribution in [-0.2, 0) is 11.0 Å². The average Bonchev–Trinajstić information content (AvgIpc) is 2.45. The highest BCUT2D eigenvalue weighted by molar-refractivity contribution is 6.74. The summed E-state index contributed by atoms with van der Waals surface area (Å²) in [5, 5.41) is 0.204. The fraction of sp³-hybridized carbons (Fsp3) is 0.368. The maximum Gasteiger partial charge on any atom is 0.192 e. The fourth-order valence-electron chi connectivity index (χ4n) is 2.06. The minimum absolute atomic E-state index is 0.204. The van der Waals surface area contributed by atoms with Crippen LogP contribution in [0.3, 0.4) is 0 Å². The molecule has 2 nitrogen and oxygen atoms in total. The number of benzene rings is 2. The smallest absolute Gasteiger partial charge is 0.192 e. The largest absolute Gasteiger partial charge is 0.413 e. The van der Waals surface area contributed by atoms with E-state index in [1.165, 1.54) is 12.1 Å². The summed E-state index contributed by atoms with van der Waals surface area (Å²) in [7, 11) is -1.74. The number of halogens is 1. The minimum Gasteiger partial charge on any atom is -0.413 e. The SMILES string of the molecule is CC(C)(C)[Si](C)(C)OCc1ccc(-c2ccc(F)cc2N)cc1. The second-order valence-corrected chi connectivity index (χ2v) is 12.3. The van der Waals surface area contributed by atoms with E-state index in [2.05, 4.69) is 33.9 Å². The molecule has 2 aromatic carbocycles. The van der Waals surface area contributed by atoms with Gasteiger partial charge in [-0.05, 0) is 47.5 Å². The number of nitrogens with two attached hydrogens (primary N) is 1. The summed E-state index contributed by atoms with van der Waals surface area (Å²) in [6.07, 6.45) is 0. The highest BCUT2D eigenvalue weighted by Gasteiger charge is 2.36. The molecular formula is C19H26FNOSi. The molecule has 2 N–H and O–H groups in total. The van der Waals surface area contributed by atoms with Crippen molar-refractivity contribution in [2.75, 3.05) is 5.73 Å². The van der Waals surface area contributed by atoms with Gasteiger partial charge in [0.25, 0.3) is 0 Å².